The largest absolute Gasteiger partial charge is 0.508 e. The number of aliphatic carboxylic acids is 2. The molecule has 16 nitrogen and oxygen atoms in total. The first-order chi connectivity index (χ1) is 18.2. The molecule has 0 fully saturated rings. The quantitative estimate of drug-likeness (QED) is 0.0927. The van der Waals surface area contributed by atoms with Gasteiger partial charge in [-0.3, -0.25) is 28.8 Å². The molecule has 16 heteroatoms. The summed E-state index contributed by atoms with van der Waals surface area (Å²) in [6.07, 6.45) is -2.48. The lowest BCUT2D eigenvalue weighted by Crippen LogP contribution is -2.58. The van der Waals surface area contributed by atoms with Gasteiger partial charge < -0.3 is 48.5 Å². The number of carboxylic acids is 2. The Bertz CT molecular complexity index is 1080. The van der Waals surface area contributed by atoms with Crippen LogP contribution in [0.1, 0.15) is 37.7 Å². The highest BCUT2D eigenvalue weighted by atomic mass is 16.4. The van der Waals surface area contributed by atoms with E-state index in [1.807, 2.05) is 0 Å². The predicted octanol–water partition coefficient (Wildman–Crippen LogP) is -3.19. The number of rotatable bonds is 17. The van der Waals surface area contributed by atoms with Crippen LogP contribution in [-0.2, 0) is 40.0 Å². The maximum Gasteiger partial charge on any atom is 0.326 e. The fourth-order valence-electron chi connectivity index (χ4n) is 3.29. The van der Waals surface area contributed by atoms with E-state index in [0.29, 0.717) is 5.56 Å². The van der Waals surface area contributed by atoms with Crippen LogP contribution in [0.2, 0.25) is 0 Å². The Balaban J connectivity index is 3.01. The number of benzene rings is 1. The first-order valence-corrected chi connectivity index (χ1v) is 11.6. The molecule has 0 saturated carbocycles. The van der Waals surface area contributed by atoms with Crippen LogP contribution in [0.25, 0.3) is 0 Å². The van der Waals surface area contributed by atoms with Crippen LogP contribution in [0, 0.1) is 0 Å². The number of phenolic OH excluding ortho intramolecular Hbond substituents is 1. The molecule has 0 aliphatic heterocycles. The Morgan fingerprint density at radius 2 is 1.23 bits per heavy atom. The molecule has 5 amide bonds. The van der Waals surface area contributed by atoms with E-state index in [2.05, 4.69) is 16.0 Å². The minimum atomic E-state index is -1.69. The molecule has 0 spiro atoms. The molecule has 12 N–H and O–H groups in total. The molecular weight excluding hydrogens is 520 g/mol. The number of hydrogen-bond donors (Lipinski definition) is 9. The average Bonchev–Trinajstić information content (AvgIpc) is 2.84. The van der Waals surface area contributed by atoms with Gasteiger partial charge in [-0.25, -0.2) is 4.79 Å². The number of amides is 5. The van der Waals surface area contributed by atoms with Crippen molar-refractivity contribution in [3.63, 3.8) is 0 Å². The number of hydrogen-bond acceptors (Lipinski definition) is 9. The lowest BCUT2D eigenvalue weighted by molar-refractivity contribution is -0.142. The van der Waals surface area contributed by atoms with Crippen molar-refractivity contribution in [1.82, 2.24) is 16.0 Å². The Morgan fingerprint density at radius 3 is 1.74 bits per heavy atom. The highest BCUT2D eigenvalue weighted by molar-refractivity contribution is 5.96. The second-order valence-corrected chi connectivity index (χ2v) is 8.61. The van der Waals surface area contributed by atoms with Crippen molar-refractivity contribution in [3.05, 3.63) is 29.8 Å². The molecule has 0 saturated heterocycles. The van der Waals surface area contributed by atoms with Crippen LogP contribution in [0.5, 0.6) is 5.75 Å². The van der Waals surface area contributed by atoms with E-state index in [1.165, 1.54) is 24.3 Å². The van der Waals surface area contributed by atoms with Gasteiger partial charge in [0.05, 0.1) is 12.5 Å². The Morgan fingerprint density at radius 1 is 0.718 bits per heavy atom. The van der Waals surface area contributed by atoms with Crippen LogP contribution in [0.4, 0.5) is 0 Å². The topological polar surface area (TPSA) is 294 Å². The molecule has 0 aliphatic carbocycles. The maximum atomic E-state index is 12.9. The lowest BCUT2D eigenvalue weighted by atomic mass is 10.0. The van der Waals surface area contributed by atoms with Gasteiger partial charge >= 0.3 is 11.9 Å². The number of carbonyl (C=O) groups excluding carboxylic acids is 5. The maximum absolute atomic E-state index is 12.9. The Kier molecular flexibility index (Phi) is 12.8. The molecule has 214 valence electrons. The summed E-state index contributed by atoms with van der Waals surface area (Å²) in [7, 11) is 0. The third kappa shape index (κ3) is 12.4. The zero-order chi connectivity index (χ0) is 29.7. The number of phenols is 1. The molecule has 0 heterocycles. The molecule has 0 bridgehead atoms. The average molecular weight is 553 g/mol. The monoisotopic (exact) mass is 552 g/mol. The fraction of sp³-hybridized carbons (Fsp3) is 0.435. The number of carboxylic acid groups (broad SMARTS) is 2. The van der Waals surface area contributed by atoms with Gasteiger partial charge in [0.15, 0.2) is 0 Å². The summed E-state index contributed by atoms with van der Waals surface area (Å²) in [5, 5.41) is 34.2. The predicted molar refractivity (Wildman–Crippen MR) is 132 cm³/mol. The molecule has 0 radical (unpaired) electrons. The van der Waals surface area contributed by atoms with Gasteiger partial charge in [0, 0.05) is 12.8 Å². The van der Waals surface area contributed by atoms with Gasteiger partial charge in [-0.1, -0.05) is 12.1 Å². The van der Waals surface area contributed by atoms with Gasteiger partial charge in [-0.2, -0.15) is 0 Å². The lowest BCUT2D eigenvalue weighted by Gasteiger charge is -2.24. The van der Waals surface area contributed by atoms with Crippen molar-refractivity contribution in [3.8, 4) is 5.75 Å². The SMILES string of the molecule is NC(=O)CCC(NC(=O)C(CC(N)=O)NC(=O)C(CCC(=O)O)NC(=O)C(N)Cc1ccc(O)cc1)C(=O)O. The molecule has 1 aromatic rings. The Hall–Kier alpha value is -4.73. The standard InChI is InChI=1S/C23H32N6O10/c24-13(9-11-1-3-12(30)4-2-11)20(35)27-14(6-8-19(33)34)21(36)29-16(10-18(26)32)22(37)28-15(23(38)39)5-7-17(25)31/h1-4,13-16,30H,5-10,24H2,(H2,25,31)(H2,26,32)(H,27,35)(H,28,37)(H,29,36)(H,33,34)(H,38,39). The van der Waals surface area contributed by atoms with Crippen LogP contribution in [0.15, 0.2) is 24.3 Å². The molecule has 1 aromatic carbocycles. The molecule has 4 atom stereocenters. The molecule has 39 heavy (non-hydrogen) atoms. The molecule has 4 unspecified atom stereocenters. The van der Waals surface area contributed by atoms with Gasteiger partial charge in [-0.15, -0.1) is 0 Å². The van der Waals surface area contributed by atoms with Gasteiger partial charge in [-0.05, 0) is 37.0 Å². The Labute approximate surface area is 222 Å². The van der Waals surface area contributed by atoms with Crippen molar-refractivity contribution in [2.75, 3.05) is 0 Å². The van der Waals surface area contributed by atoms with Gasteiger partial charge in [0.1, 0.15) is 23.9 Å². The van der Waals surface area contributed by atoms with E-state index in [1.54, 1.807) is 0 Å². The smallest absolute Gasteiger partial charge is 0.326 e. The number of aromatic hydroxyl groups is 1. The summed E-state index contributed by atoms with van der Waals surface area (Å²) in [5.41, 5.74) is 16.6. The van der Waals surface area contributed by atoms with Crippen molar-refractivity contribution in [2.45, 2.75) is 62.7 Å². The van der Waals surface area contributed by atoms with Crippen LogP contribution < -0.4 is 33.2 Å². The van der Waals surface area contributed by atoms with E-state index in [0.717, 1.165) is 0 Å². The molecular formula is C23H32N6O10. The van der Waals surface area contributed by atoms with E-state index in [4.69, 9.17) is 22.3 Å². The zero-order valence-corrected chi connectivity index (χ0v) is 20.8. The van der Waals surface area contributed by atoms with Crippen molar-refractivity contribution in [2.24, 2.45) is 17.2 Å². The summed E-state index contributed by atoms with van der Waals surface area (Å²) >= 11 is 0. The number of primary amides is 2. The number of carbonyl (C=O) groups is 7. The van der Waals surface area contributed by atoms with Crippen LogP contribution in [0.3, 0.4) is 0 Å². The fourth-order valence-corrected chi connectivity index (χ4v) is 3.29. The van der Waals surface area contributed by atoms with Crippen LogP contribution in [-0.4, -0.2) is 81.0 Å². The highest BCUT2D eigenvalue weighted by Gasteiger charge is 2.31. The zero-order valence-electron chi connectivity index (χ0n) is 20.8. The number of nitrogens with one attached hydrogen (secondary N) is 3. The first kappa shape index (κ1) is 32.3. The minimum Gasteiger partial charge on any atom is -0.508 e. The summed E-state index contributed by atoms with van der Waals surface area (Å²) in [4.78, 5) is 83.3. The van der Waals surface area contributed by atoms with E-state index in [9.17, 15) is 43.8 Å². The van der Waals surface area contributed by atoms with Crippen molar-refractivity contribution >= 4 is 41.5 Å². The summed E-state index contributed by atoms with van der Waals surface area (Å²) < 4.78 is 0. The minimum absolute atomic E-state index is 0.000671. The molecule has 0 aliphatic rings. The van der Waals surface area contributed by atoms with Crippen molar-refractivity contribution < 1.29 is 48.9 Å². The molecule has 0 aromatic heterocycles. The summed E-state index contributed by atoms with van der Waals surface area (Å²) in [6, 6.07) is -0.145. The second kappa shape index (κ2) is 15.5. The van der Waals surface area contributed by atoms with Crippen molar-refractivity contribution in [1.29, 1.82) is 0 Å². The van der Waals surface area contributed by atoms with E-state index in [-0.39, 0.29) is 25.0 Å². The third-order valence-corrected chi connectivity index (χ3v) is 5.34. The second-order valence-electron chi connectivity index (χ2n) is 8.61. The van der Waals surface area contributed by atoms with Gasteiger partial charge in [0.2, 0.25) is 29.5 Å². The van der Waals surface area contributed by atoms with Gasteiger partial charge in [0.25, 0.3) is 0 Å². The highest BCUT2D eigenvalue weighted by Crippen LogP contribution is 2.11. The summed E-state index contributed by atoms with van der Waals surface area (Å²) in [5.74, 6) is -7.69. The normalized spacial score (nSPS) is 13.7. The third-order valence-electron chi connectivity index (χ3n) is 5.34. The molecule has 1 rings (SSSR count). The summed E-state index contributed by atoms with van der Waals surface area (Å²) in [6.45, 7) is 0. The van der Waals surface area contributed by atoms with E-state index >= 15 is 0 Å². The number of nitrogens with two attached hydrogens (primary N) is 3. The van der Waals surface area contributed by atoms with Crippen LogP contribution >= 0.6 is 0 Å². The van der Waals surface area contributed by atoms with E-state index < -0.39 is 84.9 Å². The first-order valence-electron chi connectivity index (χ1n) is 11.6.